The molecular weight excluding hydrogens is 488 g/mol. The molecule has 0 bridgehead atoms. The van der Waals surface area contributed by atoms with Crippen molar-refractivity contribution in [2.24, 2.45) is 0 Å². The first-order valence-corrected chi connectivity index (χ1v) is 12.0. The van der Waals surface area contributed by atoms with E-state index in [0.717, 1.165) is 6.07 Å². The van der Waals surface area contributed by atoms with Crippen molar-refractivity contribution in [1.29, 1.82) is 0 Å². The number of aryl methyl sites for hydroxylation is 1. The fourth-order valence-corrected chi connectivity index (χ4v) is 4.70. The highest BCUT2D eigenvalue weighted by Gasteiger charge is 2.33. The van der Waals surface area contributed by atoms with Crippen LogP contribution in [0.3, 0.4) is 0 Å². The standard InChI is InChI=1S/C23H24F4N4O3S/c1-14-9-10-20(35(33,34)31-18(13-32)12-16-5-3-6-17(24)11-16)22(28-14)29-15(2)19-7-4-8-21(30-19)23(25,26)27/h3-11,15,18,31-32H,12-13H2,1-2H3,(H,28,29). The Labute approximate surface area is 200 Å². The maximum atomic E-state index is 13.5. The summed E-state index contributed by atoms with van der Waals surface area (Å²) in [7, 11) is -4.24. The molecule has 12 heteroatoms. The summed E-state index contributed by atoms with van der Waals surface area (Å²) in [5.41, 5.74) is -0.0808. The second kappa shape index (κ2) is 10.7. The maximum Gasteiger partial charge on any atom is 0.433 e. The molecule has 3 rings (SSSR count). The van der Waals surface area contributed by atoms with Crippen LogP contribution < -0.4 is 10.0 Å². The van der Waals surface area contributed by atoms with E-state index in [4.69, 9.17) is 0 Å². The predicted octanol–water partition coefficient (Wildman–Crippen LogP) is 4.00. The lowest BCUT2D eigenvalue weighted by atomic mass is 10.1. The molecule has 188 valence electrons. The van der Waals surface area contributed by atoms with Crippen molar-refractivity contribution < 1.29 is 31.1 Å². The minimum Gasteiger partial charge on any atom is -0.395 e. The zero-order valence-corrected chi connectivity index (χ0v) is 19.7. The van der Waals surface area contributed by atoms with Gasteiger partial charge in [0.25, 0.3) is 0 Å². The van der Waals surface area contributed by atoms with Crippen LogP contribution in [0.25, 0.3) is 0 Å². The zero-order valence-electron chi connectivity index (χ0n) is 18.8. The number of hydrogen-bond acceptors (Lipinski definition) is 6. The van der Waals surface area contributed by atoms with Gasteiger partial charge in [0.1, 0.15) is 22.2 Å². The first kappa shape index (κ1) is 26.5. The average molecular weight is 513 g/mol. The fourth-order valence-electron chi connectivity index (χ4n) is 3.37. The number of halogens is 4. The Kier molecular flexibility index (Phi) is 8.08. The highest BCUT2D eigenvalue weighted by molar-refractivity contribution is 7.89. The molecule has 0 aliphatic rings. The largest absolute Gasteiger partial charge is 0.433 e. The summed E-state index contributed by atoms with van der Waals surface area (Å²) in [5, 5.41) is 12.5. The lowest BCUT2D eigenvalue weighted by Crippen LogP contribution is -2.39. The van der Waals surface area contributed by atoms with Gasteiger partial charge in [-0.2, -0.15) is 13.2 Å². The first-order chi connectivity index (χ1) is 16.4. The normalized spacial score (nSPS) is 13.9. The Morgan fingerprint density at radius 3 is 2.43 bits per heavy atom. The van der Waals surface area contributed by atoms with Gasteiger partial charge < -0.3 is 10.4 Å². The molecular formula is C23H24F4N4O3S. The number of sulfonamides is 1. The van der Waals surface area contributed by atoms with Crippen molar-refractivity contribution in [1.82, 2.24) is 14.7 Å². The van der Waals surface area contributed by atoms with E-state index in [1.165, 1.54) is 49.4 Å². The van der Waals surface area contributed by atoms with Crippen LogP contribution in [-0.4, -0.2) is 36.1 Å². The SMILES string of the molecule is Cc1ccc(S(=O)(=O)NC(CO)Cc2cccc(F)c2)c(NC(C)c2cccc(C(F)(F)F)n2)n1. The van der Waals surface area contributed by atoms with Gasteiger partial charge in [-0.05, 0) is 62.2 Å². The van der Waals surface area contributed by atoms with Crippen LogP contribution in [0.2, 0.25) is 0 Å². The molecule has 0 radical (unpaired) electrons. The molecule has 0 aliphatic carbocycles. The number of alkyl halides is 3. The Hall–Kier alpha value is -3.09. The molecule has 0 saturated carbocycles. The third kappa shape index (κ3) is 6.96. The monoisotopic (exact) mass is 512 g/mol. The second-order valence-corrected chi connectivity index (χ2v) is 9.63. The van der Waals surface area contributed by atoms with Gasteiger partial charge in [0.15, 0.2) is 0 Å². The van der Waals surface area contributed by atoms with E-state index in [-0.39, 0.29) is 22.8 Å². The summed E-state index contributed by atoms with van der Waals surface area (Å²) < 4.78 is 81.3. The number of aromatic nitrogens is 2. The van der Waals surface area contributed by atoms with Crippen LogP contribution >= 0.6 is 0 Å². The lowest BCUT2D eigenvalue weighted by Gasteiger charge is -2.21. The van der Waals surface area contributed by atoms with E-state index < -0.39 is 46.4 Å². The Bertz CT molecular complexity index is 1290. The van der Waals surface area contributed by atoms with Crippen LogP contribution in [-0.2, 0) is 22.6 Å². The molecule has 0 fully saturated rings. The number of hydrogen-bond donors (Lipinski definition) is 3. The van der Waals surface area contributed by atoms with Gasteiger partial charge >= 0.3 is 6.18 Å². The van der Waals surface area contributed by atoms with Gasteiger partial charge in [-0.15, -0.1) is 0 Å². The number of nitrogens with one attached hydrogen (secondary N) is 2. The number of nitrogens with zero attached hydrogens (tertiary/aromatic N) is 2. The predicted molar refractivity (Wildman–Crippen MR) is 122 cm³/mol. The molecule has 0 amide bonds. The van der Waals surface area contributed by atoms with Crippen molar-refractivity contribution in [2.75, 3.05) is 11.9 Å². The van der Waals surface area contributed by atoms with Gasteiger partial charge in [-0.1, -0.05) is 18.2 Å². The number of rotatable bonds is 9. The first-order valence-electron chi connectivity index (χ1n) is 10.5. The number of pyridine rings is 2. The molecule has 0 spiro atoms. The fraction of sp³-hybridized carbons (Fsp3) is 0.304. The molecule has 2 atom stereocenters. The molecule has 3 aromatic rings. The topological polar surface area (TPSA) is 104 Å². The van der Waals surface area contributed by atoms with Crippen molar-refractivity contribution in [3.05, 3.63) is 83.1 Å². The molecule has 7 nitrogen and oxygen atoms in total. The molecule has 3 N–H and O–H groups in total. The van der Waals surface area contributed by atoms with Crippen LogP contribution in [0.4, 0.5) is 23.4 Å². The van der Waals surface area contributed by atoms with Gasteiger partial charge in [0.2, 0.25) is 10.0 Å². The van der Waals surface area contributed by atoms with Gasteiger partial charge in [0, 0.05) is 11.7 Å². The van der Waals surface area contributed by atoms with E-state index in [2.05, 4.69) is 20.0 Å². The van der Waals surface area contributed by atoms with Crippen LogP contribution in [0, 0.1) is 12.7 Å². The van der Waals surface area contributed by atoms with E-state index in [1.54, 1.807) is 13.0 Å². The van der Waals surface area contributed by atoms with Crippen molar-refractivity contribution in [3.8, 4) is 0 Å². The van der Waals surface area contributed by atoms with E-state index in [0.29, 0.717) is 11.3 Å². The quantitative estimate of drug-likeness (QED) is 0.375. The summed E-state index contributed by atoms with van der Waals surface area (Å²) in [5.74, 6) is -0.583. The van der Waals surface area contributed by atoms with E-state index >= 15 is 0 Å². The molecule has 0 saturated heterocycles. The number of aliphatic hydroxyl groups excluding tert-OH is 1. The highest BCUT2D eigenvalue weighted by Crippen LogP contribution is 2.29. The number of aliphatic hydroxyl groups is 1. The second-order valence-electron chi connectivity index (χ2n) is 7.95. The van der Waals surface area contributed by atoms with E-state index in [1.807, 2.05) is 0 Å². The van der Waals surface area contributed by atoms with Gasteiger partial charge in [-0.3, -0.25) is 0 Å². The molecule has 1 aromatic carbocycles. The Morgan fingerprint density at radius 2 is 1.77 bits per heavy atom. The minimum absolute atomic E-state index is 0.0279. The van der Waals surface area contributed by atoms with Gasteiger partial charge in [-0.25, -0.2) is 27.5 Å². The van der Waals surface area contributed by atoms with Crippen LogP contribution in [0.1, 0.15) is 35.6 Å². The molecule has 2 unspecified atom stereocenters. The molecule has 2 aromatic heterocycles. The summed E-state index contributed by atoms with van der Waals surface area (Å²) in [4.78, 5) is 7.57. The number of benzene rings is 1. The third-order valence-corrected chi connectivity index (χ3v) is 6.61. The maximum absolute atomic E-state index is 13.5. The summed E-state index contributed by atoms with van der Waals surface area (Å²) >= 11 is 0. The van der Waals surface area contributed by atoms with E-state index in [9.17, 15) is 31.1 Å². The smallest absolute Gasteiger partial charge is 0.395 e. The Morgan fingerprint density at radius 1 is 1.06 bits per heavy atom. The van der Waals surface area contributed by atoms with Crippen molar-refractivity contribution in [2.45, 2.75) is 43.4 Å². The number of anilines is 1. The lowest BCUT2D eigenvalue weighted by molar-refractivity contribution is -0.141. The zero-order chi connectivity index (χ0) is 25.8. The molecule has 2 heterocycles. The van der Waals surface area contributed by atoms with Crippen LogP contribution in [0.5, 0.6) is 0 Å². The summed E-state index contributed by atoms with van der Waals surface area (Å²) in [6, 6.07) is 9.99. The molecule has 35 heavy (non-hydrogen) atoms. The third-order valence-electron chi connectivity index (χ3n) is 5.06. The summed E-state index contributed by atoms with van der Waals surface area (Å²) in [6.45, 7) is 2.60. The van der Waals surface area contributed by atoms with Crippen LogP contribution in [0.15, 0.2) is 59.5 Å². The average Bonchev–Trinajstić information content (AvgIpc) is 2.78. The minimum atomic E-state index is -4.63. The Balaban J connectivity index is 1.86. The van der Waals surface area contributed by atoms with Gasteiger partial charge in [0.05, 0.1) is 18.3 Å². The highest BCUT2D eigenvalue weighted by atomic mass is 32.2. The van der Waals surface area contributed by atoms with Crippen molar-refractivity contribution in [3.63, 3.8) is 0 Å². The molecule has 0 aliphatic heterocycles. The summed E-state index contributed by atoms with van der Waals surface area (Å²) in [6.07, 6.45) is -4.60. The van der Waals surface area contributed by atoms with Crippen molar-refractivity contribution >= 4 is 15.8 Å².